The number of rotatable bonds is 5. The van der Waals surface area contributed by atoms with Crippen LogP contribution in [0.25, 0.3) is 0 Å². The molecule has 1 aromatic rings. The quantitative estimate of drug-likeness (QED) is 0.707. The van der Waals surface area contributed by atoms with E-state index in [0.717, 1.165) is 32.4 Å². The first-order chi connectivity index (χ1) is 11.9. The van der Waals surface area contributed by atoms with Crippen molar-refractivity contribution in [2.45, 2.75) is 44.7 Å². The number of carbonyl (C=O) groups excluding carboxylic acids is 3. The second kappa shape index (κ2) is 6.84. The molecular weight excluding hydrogens is 320 g/mol. The first-order valence-electron chi connectivity index (χ1n) is 8.73. The highest BCUT2D eigenvalue weighted by molar-refractivity contribution is 6.07. The van der Waals surface area contributed by atoms with Crippen molar-refractivity contribution in [3.05, 3.63) is 29.8 Å². The van der Waals surface area contributed by atoms with Crippen molar-refractivity contribution < 1.29 is 14.4 Å². The summed E-state index contributed by atoms with van der Waals surface area (Å²) in [6.07, 6.45) is 2.91. The van der Waals surface area contributed by atoms with Crippen LogP contribution in [-0.4, -0.2) is 41.9 Å². The average Bonchev–Trinajstić information content (AvgIpc) is 3.13. The topological polar surface area (TPSA) is 90.5 Å². The van der Waals surface area contributed by atoms with Crippen LogP contribution in [0, 0.1) is 0 Å². The number of carbonyl (C=O) groups is 3. The molecule has 0 saturated carbocycles. The van der Waals surface area contributed by atoms with Crippen LogP contribution in [-0.2, 0) is 15.1 Å². The fourth-order valence-corrected chi connectivity index (χ4v) is 3.56. The molecule has 3 N–H and O–H groups in total. The van der Waals surface area contributed by atoms with E-state index in [-0.39, 0.29) is 11.9 Å². The van der Waals surface area contributed by atoms with Crippen molar-refractivity contribution in [3.8, 4) is 0 Å². The Kier molecular flexibility index (Phi) is 4.76. The van der Waals surface area contributed by atoms with Gasteiger partial charge in [0.2, 0.25) is 5.91 Å². The van der Waals surface area contributed by atoms with Gasteiger partial charge in [0.1, 0.15) is 5.54 Å². The van der Waals surface area contributed by atoms with E-state index in [1.165, 1.54) is 0 Å². The van der Waals surface area contributed by atoms with Crippen LogP contribution in [0.15, 0.2) is 24.3 Å². The zero-order chi connectivity index (χ0) is 18.0. The molecule has 2 heterocycles. The fraction of sp³-hybridized carbons (Fsp3) is 0.500. The minimum Gasteiger partial charge on any atom is -0.325 e. The van der Waals surface area contributed by atoms with Crippen LogP contribution in [0.2, 0.25) is 0 Å². The summed E-state index contributed by atoms with van der Waals surface area (Å²) in [6.45, 7) is 5.63. The lowest BCUT2D eigenvalue weighted by Crippen LogP contribution is -2.41. The maximum absolute atomic E-state index is 12.6. The minimum absolute atomic E-state index is 0.0202. The van der Waals surface area contributed by atoms with Gasteiger partial charge in [-0.15, -0.1) is 0 Å². The van der Waals surface area contributed by atoms with Gasteiger partial charge >= 0.3 is 6.03 Å². The highest BCUT2D eigenvalue weighted by atomic mass is 16.2. The first-order valence-corrected chi connectivity index (χ1v) is 8.73. The number of amides is 4. The van der Waals surface area contributed by atoms with E-state index >= 15 is 0 Å². The number of likely N-dealkylation sites (tertiary alicyclic amines) is 1. The van der Waals surface area contributed by atoms with Crippen molar-refractivity contribution in [1.82, 2.24) is 15.5 Å². The number of nitrogens with zero attached hydrogens (tertiary/aromatic N) is 1. The highest BCUT2D eigenvalue weighted by Gasteiger charge is 2.43. The Balaban J connectivity index is 1.75. The lowest BCUT2D eigenvalue weighted by Gasteiger charge is -2.24. The molecule has 25 heavy (non-hydrogen) atoms. The van der Waals surface area contributed by atoms with E-state index in [9.17, 15) is 14.4 Å². The lowest BCUT2D eigenvalue weighted by atomic mass is 9.92. The molecule has 2 atom stereocenters. The van der Waals surface area contributed by atoms with Crippen molar-refractivity contribution in [1.29, 1.82) is 0 Å². The van der Waals surface area contributed by atoms with E-state index in [0.29, 0.717) is 11.3 Å². The summed E-state index contributed by atoms with van der Waals surface area (Å²) in [5.74, 6) is -0.418. The number of hydrogen-bond donors (Lipinski definition) is 3. The zero-order valence-corrected chi connectivity index (χ0v) is 14.6. The van der Waals surface area contributed by atoms with E-state index in [2.05, 4.69) is 27.8 Å². The monoisotopic (exact) mass is 344 g/mol. The summed E-state index contributed by atoms with van der Waals surface area (Å²) in [5, 5.41) is 7.84. The number of benzene rings is 1. The number of anilines is 1. The molecule has 2 aliphatic heterocycles. The molecule has 1 aromatic carbocycles. The van der Waals surface area contributed by atoms with Gasteiger partial charge in [0.15, 0.2) is 0 Å². The van der Waals surface area contributed by atoms with E-state index in [1.54, 1.807) is 31.2 Å². The third-order valence-corrected chi connectivity index (χ3v) is 4.93. The number of imide groups is 1. The molecule has 2 saturated heterocycles. The minimum atomic E-state index is -1.13. The molecule has 134 valence electrons. The largest absolute Gasteiger partial charge is 0.325 e. The second-order valence-corrected chi connectivity index (χ2v) is 6.80. The number of hydrogen-bond acceptors (Lipinski definition) is 4. The lowest BCUT2D eigenvalue weighted by molar-refractivity contribution is -0.123. The van der Waals surface area contributed by atoms with Crippen LogP contribution >= 0.6 is 0 Å². The maximum atomic E-state index is 12.6. The van der Waals surface area contributed by atoms with Crippen molar-refractivity contribution >= 4 is 23.5 Å². The molecule has 7 nitrogen and oxygen atoms in total. The van der Waals surface area contributed by atoms with Gasteiger partial charge in [0.25, 0.3) is 5.91 Å². The van der Waals surface area contributed by atoms with Crippen LogP contribution in [0.4, 0.5) is 10.5 Å². The van der Waals surface area contributed by atoms with Gasteiger partial charge in [-0.1, -0.05) is 19.1 Å². The van der Waals surface area contributed by atoms with Crippen molar-refractivity contribution in [3.63, 3.8) is 0 Å². The van der Waals surface area contributed by atoms with Gasteiger partial charge in [0.05, 0.1) is 6.04 Å². The van der Waals surface area contributed by atoms with Gasteiger partial charge in [-0.3, -0.25) is 19.8 Å². The van der Waals surface area contributed by atoms with Gasteiger partial charge in [-0.05, 0) is 57.0 Å². The van der Waals surface area contributed by atoms with Gasteiger partial charge < -0.3 is 10.6 Å². The van der Waals surface area contributed by atoms with Crippen LogP contribution in [0.3, 0.4) is 0 Å². The van der Waals surface area contributed by atoms with Crippen LogP contribution < -0.4 is 16.0 Å². The molecular formula is C18H24N4O3. The molecule has 0 bridgehead atoms. The number of nitrogens with one attached hydrogen (secondary N) is 3. The molecule has 0 radical (unpaired) electrons. The van der Waals surface area contributed by atoms with Gasteiger partial charge in [0, 0.05) is 5.69 Å². The summed E-state index contributed by atoms with van der Waals surface area (Å²) in [7, 11) is 0. The van der Waals surface area contributed by atoms with Crippen molar-refractivity contribution in [2.24, 2.45) is 0 Å². The Hall–Kier alpha value is -2.41. The van der Waals surface area contributed by atoms with Gasteiger partial charge in [-0.2, -0.15) is 0 Å². The SMILES string of the molecule is CCCN1CCCC1C(=O)Nc1cccc(C2(C)NC(=O)NC2=O)c1. The molecule has 2 aliphatic rings. The molecule has 0 aromatic heterocycles. The Morgan fingerprint density at radius 2 is 2.20 bits per heavy atom. The standard InChI is InChI=1S/C18H24N4O3/c1-3-9-22-10-5-8-14(22)15(23)19-13-7-4-6-12(11-13)18(2)16(24)20-17(25)21-18/h4,6-7,11,14H,3,5,8-10H2,1-2H3,(H,19,23)(H2,20,21,24,25). The Morgan fingerprint density at radius 1 is 1.40 bits per heavy atom. The summed E-state index contributed by atoms with van der Waals surface area (Å²) >= 11 is 0. The Bertz CT molecular complexity index is 705. The molecule has 3 rings (SSSR count). The predicted octanol–water partition coefficient (Wildman–Crippen LogP) is 1.55. The molecule has 7 heteroatoms. The highest BCUT2D eigenvalue weighted by Crippen LogP contribution is 2.27. The van der Waals surface area contributed by atoms with Crippen LogP contribution in [0.5, 0.6) is 0 Å². The normalized spacial score (nSPS) is 26.4. The summed E-state index contributed by atoms with van der Waals surface area (Å²) in [4.78, 5) is 38.4. The average molecular weight is 344 g/mol. The first kappa shape index (κ1) is 17.4. The van der Waals surface area contributed by atoms with Crippen molar-refractivity contribution in [2.75, 3.05) is 18.4 Å². The fourth-order valence-electron chi connectivity index (χ4n) is 3.56. The summed E-state index contributed by atoms with van der Waals surface area (Å²) in [6, 6.07) is 6.45. The Morgan fingerprint density at radius 3 is 2.88 bits per heavy atom. The molecule has 0 aliphatic carbocycles. The van der Waals surface area contributed by atoms with Gasteiger partial charge in [-0.25, -0.2) is 4.79 Å². The zero-order valence-electron chi connectivity index (χ0n) is 14.6. The second-order valence-electron chi connectivity index (χ2n) is 6.80. The summed E-state index contributed by atoms with van der Waals surface area (Å²) in [5.41, 5.74) is 0.130. The smallest absolute Gasteiger partial charge is 0.322 e. The van der Waals surface area contributed by atoms with E-state index in [1.807, 2.05) is 0 Å². The third-order valence-electron chi connectivity index (χ3n) is 4.93. The van der Waals surface area contributed by atoms with Crippen LogP contribution in [0.1, 0.15) is 38.7 Å². The third kappa shape index (κ3) is 3.37. The number of urea groups is 1. The molecule has 4 amide bonds. The Labute approximate surface area is 147 Å². The van der Waals surface area contributed by atoms with E-state index < -0.39 is 17.5 Å². The predicted molar refractivity (Wildman–Crippen MR) is 94.0 cm³/mol. The molecule has 2 unspecified atom stereocenters. The maximum Gasteiger partial charge on any atom is 0.322 e. The molecule has 2 fully saturated rings. The summed E-state index contributed by atoms with van der Waals surface area (Å²) < 4.78 is 0. The molecule has 0 spiro atoms. The van der Waals surface area contributed by atoms with E-state index in [4.69, 9.17) is 0 Å².